The van der Waals surface area contributed by atoms with Crippen LogP contribution in [0.3, 0.4) is 0 Å². The SMILES string of the molecule is COC(=O)c1ccc(C(=O)N2CCCN2C(=O)c2cccc(C)n2)nc1. The van der Waals surface area contributed by atoms with E-state index in [2.05, 4.69) is 14.7 Å². The molecule has 1 saturated heterocycles. The van der Waals surface area contributed by atoms with Crippen molar-refractivity contribution in [3.63, 3.8) is 0 Å². The molecule has 1 aliphatic heterocycles. The Bertz CT molecular complexity index is 851. The molecule has 0 bridgehead atoms. The number of carbonyl (C=O) groups excluding carboxylic acids is 3. The van der Waals surface area contributed by atoms with Crippen LogP contribution in [-0.2, 0) is 4.74 Å². The average molecular weight is 354 g/mol. The first-order chi connectivity index (χ1) is 12.5. The number of carbonyl (C=O) groups is 3. The maximum atomic E-state index is 12.7. The maximum Gasteiger partial charge on any atom is 0.339 e. The highest BCUT2D eigenvalue weighted by atomic mass is 16.5. The Kier molecular flexibility index (Phi) is 4.92. The third-order valence-electron chi connectivity index (χ3n) is 4.01. The number of rotatable bonds is 3. The Hall–Kier alpha value is -3.29. The van der Waals surface area contributed by atoms with Crippen molar-refractivity contribution < 1.29 is 19.1 Å². The van der Waals surface area contributed by atoms with Gasteiger partial charge in [0.15, 0.2) is 0 Å². The van der Waals surface area contributed by atoms with E-state index in [-0.39, 0.29) is 17.2 Å². The van der Waals surface area contributed by atoms with Crippen LogP contribution in [0.5, 0.6) is 0 Å². The van der Waals surface area contributed by atoms with Crippen molar-refractivity contribution in [1.29, 1.82) is 0 Å². The summed E-state index contributed by atoms with van der Waals surface area (Å²) in [5.41, 5.74) is 1.42. The zero-order valence-corrected chi connectivity index (χ0v) is 14.5. The average Bonchev–Trinajstić information content (AvgIpc) is 3.16. The number of hydrazine groups is 1. The number of hydrogen-bond acceptors (Lipinski definition) is 6. The van der Waals surface area contributed by atoms with Gasteiger partial charge in [0.25, 0.3) is 11.8 Å². The van der Waals surface area contributed by atoms with Crippen LogP contribution in [0.2, 0.25) is 0 Å². The fraction of sp³-hybridized carbons (Fsp3) is 0.278. The molecule has 134 valence electrons. The summed E-state index contributed by atoms with van der Waals surface area (Å²) >= 11 is 0. The zero-order valence-electron chi connectivity index (χ0n) is 14.5. The molecule has 2 aromatic heterocycles. The number of aryl methyl sites for hydroxylation is 1. The van der Waals surface area contributed by atoms with Crippen molar-refractivity contribution in [3.05, 3.63) is 59.2 Å². The molecule has 0 N–H and O–H groups in total. The normalized spacial score (nSPS) is 13.6. The molecular weight excluding hydrogens is 336 g/mol. The first kappa shape index (κ1) is 17.5. The predicted molar refractivity (Wildman–Crippen MR) is 91.2 cm³/mol. The fourth-order valence-electron chi connectivity index (χ4n) is 2.72. The minimum Gasteiger partial charge on any atom is -0.465 e. The minimum atomic E-state index is -0.528. The summed E-state index contributed by atoms with van der Waals surface area (Å²) in [6.07, 6.45) is 1.95. The highest BCUT2D eigenvalue weighted by molar-refractivity contribution is 5.98. The number of aromatic nitrogens is 2. The smallest absolute Gasteiger partial charge is 0.339 e. The highest BCUT2D eigenvalue weighted by Crippen LogP contribution is 2.17. The third kappa shape index (κ3) is 3.39. The second-order valence-corrected chi connectivity index (χ2v) is 5.80. The quantitative estimate of drug-likeness (QED) is 0.775. The van der Waals surface area contributed by atoms with E-state index in [9.17, 15) is 14.4 Å². The van der Waals surface area contributed by atoms with Crippen molar-refractivity contribution in [2.75, 3.05) is 20.2 Å². The first-order valence-corrected chi connectivity index (χ1v) is 8.13. The summed E-state index contributed by atoms with van der Waals surface area (Å²) in [5, 5.41) is 2.76. The lowest BCUT2D eigenvalue weighted by Gasteiger charge is -2.27. The fourth-order valence-corrected chi connectivity index (χ4v) is 2.72. The van der Waals surface area contributed by atoms with Crippen LogP contribution in [0.15, 0.2) is 36.5 Å². The Morgan fingerprint density at radius 3 is 2.27 bits per heavy atom. The van der Waals surface area contributed by atoms with Crippen LogP contribution in [0.1, 0.15) is 43.4 Å². The van der Waals surface area contributed by atoms with Crippen molar-refractivity contribution in [1.82, 2.24) is 20.0 Å². The molecule has 8 nitrogen and oxygen atoms in total. The summed E-state index contributed by atoms with van der Waals surface area (Å²) in [6.45, 7) is 2.65. The summed E-state index contributed by atoms with van der Waals surface area (Å²) in [4.78, 5) is 45.2. The Labute approximate surface area is 150 Å². The van der Waals surface area contributed by atoms with Gasteiger partial charge in [-0.05, 0) is 37.6 Å². The van der Waals surface area contributed by atoms with E-state index in [1.165, 1.54) is 35.5 Å². The lowest BCUT2D eigenvalue weighted by atomic mass is 10.2. The molecule has 0 aromatic carbocycles. The molecule has 0 unspecified atom stereocenters. The standard InChI is InChI=1S/C18H18N4O4/c1-12-5-3-6-15(20-12)17(24)22-10-4-9-21(22)16(23)14-8-7-13(11-19-14)18(25)26-2/h3,5-8,11H,4,9-10H2,1-2H3. The minimum absolute atomic E-state index is 0.148. The molecular formula is C18H18N4O4. The van der Waals surface area contributed by atoms with Crippen LogP contribution in [0, 0.1) is 6.92 Å². The lowest BCUT2D eigenvalue weighted by molar-refractivity contribution is 0.0178. The lowest BCUT2D eigenvalue weighted by Crippen LogP contribution is -2.45. The largest absolute Gasteiger partial charge is 0.465 e. The van der Waals surface area contributed by atoms with Crippen LogP contribution >= 0.6 is 0 Å². The van der Waals surface area contributed by atoms with Crippen LogP contribution in [-0.4, -0.2) is 58.0 Å². The Morgan fingerprint density at radius 2 is 1.69 bits per heavy atom. The van der Waals surface area contributed by atoms with Crippen molar-refractivity contribution in [2.24, 2.45) is 0 Å². The molecule has 0 radical (unpaired) electrons. The number of pyridine rings is 2. The van der Waals surface area contributed by atoms with Crippen molar-refractivity contribution in [3.8, 4) is 0 Å². The van der Waals surface area contributed by atoms with E-state index in [1.54, 1.807) is 25.1 Å². The molecule has 0 spiro atoms. The van der Waals surface area contributed by atoms with E-state index >= 15 is 0 Å². The van der Waals surface area contributed by atoms with Gasteiger partial charge in [0.05, 0.1) is 12.7 Å². The highest BCUT2D eigenvalue weighted by Gasteiger charge is 2.33. The van der Waals surface area contributed by atoms with E-state index in [0.717, 1.165) is 5.69 Å². The van der Waals surface area contributed by atoms with Gasteiger partial charge >= 0.3 is 5.97 Å². The monoisotopic (exact) mass is 354 g/mol. The third-order valence-corrected chi connectivity index (χ3v) is 4.01. The van der Waals surface area contributed by atoms with E-state index in [4.69, 9.17) is 0 Å². The van der Waals surface area contributed by atoms with Gasteiger partial charge in [0, 0.05) is 25.0 Å². The van der Waals surface area contributed by atoms with Crippen molar-refractivity contribution in [2.45, 2.75) is 13.3 Å². The molecule has 0 aliphatic carbocycles. The van der Waals surface area contributed by atoms with Gasteiger partial charge in [-0.1, -0.05) is 6.07 Å². The molecule has 1 fully saturated rings. The number of methoxy groups -OCH3 is 1. The topological polar surface area (TPSA) is 92.7 Å². The Balaban J connectivity index is 1.80. The van der Waals surface area contributed by atoms with Gasteiger partial charge in [-0.2, -0.15) is 0 Å². The first-order valence-electron chi connectivity index (χ1n) is 8.13. The van der Waals surface area contributed by atoms with E-state index in [1.807, 2.05) is 0 Å². The summed E-state index contributed by atoms with van der Waals surface area (Å²) in [6, 6.07) is 8.10. The molecule has 3 rings (SSSR count). The molecule has 2 aromatic rings. The molecule has 26 heavy (non-hydrogen) atoms. The number of amides is 2. The molecule has 1 aliphatic rings. The molecule has 8 heteroatoms. The zero-order chi connectivity index (χ0) is 18.7. The predicted octanol–water partition coefficient (Wildman–Crippen LogP) is 1.47. The summed E-state index contributed by atoms with van der Waals surface area (Å²) in [5.74, 6) is -1.26. The van der Waals surface area contributed by atoms with Crippen LogP contribution in [0.25, 0.3) is 0 Å². The van der Waals surface area contributed by atoms with Gasteiger partial charge in [0.2, 0.25) is 0 Å². The van der Waals surface area contributed by atoms with Crippen molar-refractivity contribution >= 4 is 17.8 Å². The summed E-state index contributed by atoms with van der Waals surface area (Å²) < 4.78 is 4.61. The second kappa shape index (κ2) is 7.30. The maximum absolute atomic E-state index is 12.7. The second-order valence-electron chi connectivity index (χ2n) is 5.80. The van der Waals surface area contributed by atoms with Gasteiger partial charge < -0.3 is 4.74 Å². The van der Waals surface area contributed by atoms with Gasteiger partial charge in [-0.15, -0.1) is 0 Å². The number of ether oxygens (including phenoxy) is 1. The van der Waals surface area contributed by atoms with Gasteiger partial charge in [0.1, 0.15) is 11.4 Å². The number of esters is 1. The van der Waals surface area contributed by atoms with Gasteiger partial charge in [-0.25, -0.2) is 19.8 Å². The number of nitrogens with zero attached hydrogens (tertiary/aromatic N) is 4. The molecule has 0 saturated carbocycles. The Morgan fingerprint density at radius 1 is 1.00 bits per heavy atom. The van der Waals surface area contributed by atoms with Gasteiger partial charge in [-0.3, -0.25) is 14.6 Å². The molecule has 2 amide bonds. The molecule has 0 atom stereocenters. The van der Waals surface area contributed by atoms with E-state index < -0.39 is 11.9 Å². The van der Waals surface area contributed by atoms with Crippen LogP contribution < -0.4 is 0 Å². The molecule has 3 heterocycles. The number of hydrogen-bond donors (Lipinski definition) is 0. The van der Waals surface area contributed by atoms with E-state index in [0.29, 0.717) is 25.2 Å². The van der Waals surface area contributed by atoms with Crippen LogP contribution in [0.4, 0.5) is 0 Å². The summed E-state index contributed by atoms with van der Waals surface area (Å²) in [7, 11) is 1.27.